The van der Waals surface area contributed by atoms with Gasteiger partial charge in [-0.15, -0.1) is 11.3 Å². The van der Waals surface area contributed by atoms with Gasteiger partial charge in [0.25, 0.3) is 0 Å². The first-order valence-electron chi connectivity index (χ1n) is 8.16. The van der Waals surface area contributed by atoms with Gasteiger partial charge in [-0.1, -0.05) is 26.8 Å². The fourth-order valence-corrected chi connectivity index (χ4v) is 4.67. The molecule has 5 heteroatoms. The Morgan fingerprint density at radius 1 is 1.55 bits per heavy atom. The van der Waals surface area contributed by atoms with Gasteiger partial charge in [0, 0.05) is 48.4 Å². The van der Waals surface area contributed by atoms with Crippen molar-refractivity contribution in [3.8, 4) is 0 Å². The van der Waals surface area contributed by atoms with Crippen LogP contribution in [0.5, 0.6) is 0 Å². The van der Waals surface area contributed by atoms with Crippen molar-refractivity contribution in [3.63, 3.8) is 0 Å². The lowest BCUT2D eigenvalue weighted by molar-refractivity contribution is -0.106. The van der Waals surface area contributed by atoms with E-state index < -0.39 is 0 Å². The highest BCUT2D eigenvalue weighted by Crippen LogP contribution is 2.52. The topological polar surface area (TPSA) is 45.7 Å². The zero-order valence-corrected chi connectivity index (χ0v) is 14.7. The summed E-state index contributed by atoms with van der Waals surface area (Å²) in [6.07, 6.45) is 1.57. The molecule has 0 amide bonds. The summed E-state index contributed by atoms with van der Waals surface area (Å²) in [5.41, 5.74) is 0.179. The number of nitrogens with zero attached hydrogens (tertiary/aromatic N) is 1. The number of ether oxygens (including phenoxy) is 1. The van der Waals surface area contributed by atoms with Gasteiger partial charge >= 0.3 is 0 Å². The number of aliphatic imine (C=N–C) groups is 1. The van der Waals surface area contributed by atoms with E-state index in [1.807, 2.05) is 18.4 Å². The molecule has 0 radical (unpaired) electrons. The number of nitrogens with one attached hydrogen (secondary N) is 2. The molecule has 2 fully saturated rings. The van der Waals surface area contributed by atoms with E-state index in [0.717, 1.165) is 25.5 Å². The van der Waals surface area contributed by atoms with Gasteiger partial charge in [0.1, 0.15) is 0 Å². The number of guanidine groups is 1. The molecule has 22 heavy (non-hydrogen) atoms. The number of rotatable bonds is 4. The van der Waals surface area contributed by atoms with E-state index >= 15 is 0 Å². The molecule has 0 spiro atoms. The maximum absolute atomic E-state index is 5.86. The fraction of sp³-hybridized carbons (Fsp3) is 0.706. The van der Waals surface area contributed by atoms with Crippen LogP contribution in [0.4, 0.5) is 0 Å². The molecule has 1 aromatic heterocycles. The number of fused-ring (bicyclic) bond motifs is 1. The summed E-state index contributed by atoms with van der Waals surface area (Å²) in [6, 6.07) is 4.76. The molecule has 4 nitrogen and oxygen atoms in total. The van der Waals surface area contributed by atoms with Crippen molar-refractivity contribution in [2.24, 2.45) is 16.3 Å². The van der Waals surface area contributed by atoms with Crippen molar-refractivity contribution in [1.29, 1.82) is 0 Å². The summed E-state index contributed by atoms with van der Waals surface area (Å²) in [4.78, 5) is 5.81. The van der Waals surface area contributed by atoms with Crippen LogP contribution in [-0.2, 0) is 4.74 Å². The summed E-state index contributed by atoms with van der Waals surface area (Å²) in [5.74, 6) is 2.03. The van der Waals surface area contributed by atoms with Crippen molar-refractivity contribution in [2.45, 2.75) is 45.3 Å². The van der Waals surface area contributed by atoms with Crippen LogP contribution in [-0.4, -0.2) is 38.3 Å². The van der Waals surface area contributed by atoms with Crippen LogP contribution in [0.3, 0.4) is 0 Å². The maximum atomic E-state index is 5.86. The molecule has 1 aliphatic heterocycles. The first-order chi connectivity index (χ1) is 10.5. The predicted molar refractivity (Wildman–Crippen MR) is 92.6 cm³/mol. The molecule has 2 heterocycles. The molecule has 1 saturated heterocycles. The molecule has 1 aromatic rings. The predicted octanol–water partition coefficient (Wildman–Crippen LogP) is 2.83. The Morgan fingerprint density at radius 3 is 3.05 bits per heavy atom. The molecule has 2 aliphatic rings. The molecule has 2 N–H and O–H groups in total. The van der Waals surface area contributed by atoms with E-state index in [9.17, 15) is 0 Å². The van der Waals surface area contributed by atoms with E-state index in [4.69, 9.17) is 4.74 Å². The van der Waals surface area contributed by atoms with Crippen LogP contribution >= 0.6 is 11.3 Å². The molecule has 1 aliphatic carbocycles. The molecule has 0 bridgehead atoms. The summed E-state index contributed by atoms with van der Waals surface area (Å²) in [6.45, 7) is 8.63. The van der Waals surface area contributed by atoms with Crippen LogP contribution in [0.25, 0.3) is 0 Å². The standard InChI is InChI=1S/C17H27N3OS/c1-11(13-6-5-9-22-13)10-19-16(18-4)20-14-12-7-8-21-15(12)17(14,2)3/h5-6,9,11-12,14-15H,7-8,10H2,1-4H3,(H2,18,19,20). The molecule has 4 unspecified atom stereocenters. The highest BCUT2D eigenvalue weighted by molar-refractivity contribution is 7.10. The Balaban J connectivity index is 1.54. The smallest absolute Gasteiger partial charge is 0.191 e. The Kier molecular flexibility index (Phi) is 4.46. The van der Waals surface area contributed by atoms with E-state index in [0.29, 0.717) is 24.0 Å². The zero-order chi connectivity index (χ0) is 15.7. The summed E-state index contributed by atoms with van der Waals surface area (Å²) in [5, 5.41) is 9.24. The molecular formula is C17H27N3OS. The molecule has 122 valence electrons. The molecular weight excluding hydrogens is 294 g/mol. The Hall–Kier alpha value is -1.07. The van der Waals surface area contributed by atoms with Gasteiger partial charge in [0.15, 0.2) is 5.96 Å². The van der Waals surface area contributed by atoms with E-state index in [1.165, 1.54) is 4.88 Å². The van der Waals surface area contributed by atoms with Gasteiger partial charge in [-0.3, -0.25) is 4.99 Å². The van der Waals surface area contributed by atoms with E-state index in [2.05, 4.69) is 53.9 Å². The number of hydrogen-bond acceptors (Lipinski definition) is 3. The summed E-state index contributed by atoms with van der Waals surface area (Å²) >= 11 is 1.82. The van der Waals surface area contributed by atoms with Crippen molar-refractivity contribution in [2.75, 3.05) is 20.2 Å². The molecule has 3 rings (SSSR count). The minimum atomic E-state index is 0.179. The van der Waals surface area contributed by atoms with Gasteiger partial charge in [-0.2, -0.15) is 0 Å². The molecule has 0 aromatic carbocycles. The van der Waals surface area contributed by atoms with Gasteiger partial charge < -0.3 is 15.4 Å². The second kappa shape index (κ2) is 6.20. The minimum Gasteiger partial charge on any atom is -0.377 e. The number of hydrogen-bond donors (Lipinski definition) is 2. The van der Waals surface area contributed by atoms with Crippen molar-refractivity contribution in [1.82, 2.24) is 10.6 Å². The van der Waals surface area contributed by atoms with Crippen LogP contribution in [0.1, 0.15) is 38.0 Å². The Labute approximate surface area is 137 Å². The Bertz CT molecular complexity index is 526. The third kappa shape index (κ3) is 2.76. The molecule has 1 saturated carbocycles. The van der Waals surface area contributed by atoms with Crippen molar-refractivity contribution >= 4 is 17.3 Å². The lowest BCUT2D eigenvalue weighted by Gasteiger charge is -2.54. The third-order valence-electron chi connectivity index (χ3n) is 5.22. The van der Waals surface area contributed by atoms with Gasteiger partial charge in [-0.05, 0) is 17.9 Å². The average Bonchev–Trinajstić information content (AvgIpc) is 3.17. The minimum absolute atomic E-state index is 0.179. The van der Waals surface area contributed by atoms with Crippen molar-refractivity contribution in [3.05, 3.63) is 22.4 Å². The third-order valence-corrected chi connectivity index (χ3v) is 6.32. The van der Waals surface area contributed by atoms with Crippen LogP contribution in [0.2, 0.25) is 0 Å². The first-order valence-corrected chi connectivity index (χ1v) is 9.04. The highest BCUT2D eigenvalue weighted by Gasteiger charge is 2.59. The van der Waals surface area contributed by atoms with Crippen molar-refractivity contribution < 1.29 is 4.74 Å². The van der Waals surface area contributed by atoms with E-state index in [1.54, 1.807) is 0 Å². The monoisotopic (exact) mass is 321 g/mol. The lowest BCUT2D eigenvalue weighted by atomic mass is 9.57. The Morgan fingerprint density at radius 2 is 2.36 bits per heavy atom. The summed E-state index contributed by atoms with van der Waals surface area (Å²) in [7, 11) is 1.85. The lowest BCUT2D eigenvalue weighted by Crippen LogP contribution is -2.68. The second-order valence-electron chi connectivity index (χ2n) is 7.06. The van der Waals surface area contributed by atoms with Crippen LogP contribution in [0.15, 0.2) is 22.5 Å². The largest absolute Gasteiger partial charge is 0.377 e. The highest BCUT2D eigenvalue weighted by atomic mass is 32.1. The second-order valence-corrected chi connectivity index (χ2v) is 8.04. The quantitative estimate of drug-likeness (QED) is 0.662. The molecule has 4 atom stereocenters. The fourth-order valence-electron chi connectivity index (χ4n) is 3.88. The van der Waals surface area contributed by atoms with Gasteiger partial charge in [0.2, 0.25) is 0 Å². The maximum Gasteiger partial charge on any atom is 0.191 e. The SMILES string of the molecule is CN=C(NCC(C)c1cccs1)NC1C2CCOC2C1(C)C. The van der Waals surface area contributed by atoms with E-state index in [-0.39, 0.29) is 5.41 Å². The van der Waals surface area contributed by atoms with Crippen LogP contribution < -0.4 is 10.6 Å². The van der Waals surface area contributed by atoms with Crippen LogP contribution in [0, 0.1) is 11.3 Å². The number of thiophene rings is 1. The van der Waals surface area contributed by atoms with Gasteiger partial charge in [0.05, 0.1) is 6.10 Å². The average molecular weight is 321 g/mol. The van der Waals surface area contributed by atoms with Gasteiger partial charge in [-0.25, -0.2) is 0 Å². The summed E-state index contributed by atoms with van der Waals surface area (Å²) < 4.78 is 5.86. The zero-order valence-electron chi connectivity index (χ0n) is 13.9. The first kappa shape index (κ1) is 15.8. The normalized spacial score (nSPS) is 31.3.